The van der Waals surface area contributed by atoms with Gasteiger partial charge in [0.25, 0.3) is 0 Å². The van der Waals surface area contributed by atoms with E-state index in [0.717, 1.165) is 12.1 Å². The Labute approximate surface area is 171 Å². The highest BCUT2D eigenvalue weighted by atomic mass is 127. The van der Waals surface area contributed by atoms with Crippen LogP contribution in [0.15, 0.2) is 47.6 Å². The summed E-state index contributed by atoms with van der Waals surface area (Å²) in [6.07, 6.45) is 1.85. The van der Waals surface area contributed by atoms with E-state index in [-0.39, 0.29) is 35.9 Å². The second-order valence-electron chi connectivity index (χ2n) is 5.81. The van der Waals surface area contributed by atoms with E-state index in [9.17, 15) is 4.39 Å². The molecule has 0 aliphatic rings. The number of aromatic nitrogens is 1. The molecule has 2 N–H and O–H groups in total. The number of aliphatic imine (C=N–C) groups is 1. The molecule has 0 amide bonds. The molecule has 0 aliphatic heterocycles. The van der Waals surface area contributed by atoms with E-state index in [1.165, 1.54) is 6.07 Å². The summed E-state index contributed by atoms with van der Waals surface area (Å²) in [7, 11) is 0. The minimum atomic E-state index is -0.226. The molecule has 1 heterocycles. The van der Waals surface area contributed by atoms with Gasteiger partial charge in [0.1, 0.15) is 5.82 Å². The van der Waals surface area contributed by atoms with Crippen LogP contribution in [0.1, 0.15) is 31.9 Å². The fourth-order valence-electron chi connectivity index (χ4n) is 2.15. The monoisotopic (exact) mass is 472 g/mol. The van der Waals surface area contributed by atoms with Crippen molar-refractivity contribution in [3.63, 3.8) is 0 Å². The van der Waals surface area contributed by atoms with E-state index in [1.54, 1.807) is 18.3 Å². The van der Waals surface area contributed by atoms with Crippen LogP contribution in [0.2, 0.25) is 0 Å². The molecular weight excluding hydrogens is 446 g/mol. The number of ether oxygens (including phenoxy) is 1. The Morgan fingerprint density at radius 1 is 1.19 bits per heavy atom. The number of rotatable bonds is 7. The normalized spacial score (nSPS) is 11.0. The molecule has 142 valence electrons. The Kier molecular flexibility index (Phi) is 9.93. The molecule has 0 bridgehead atoms. The van der Waals surface area contributed by atoms with Gasteiger partial charge in [-0.25, -0.2) is 14.4 Å². The zero-order valence-electron chi connectivity index (χ0n) is 15.3. The second kappa shape index (κ2) is 11.7. The van der Waals surface area contributed by atoms with Crippen molar-refractivity contribution in [3.8, 4) is 5.88 Å². The standard InChI is InChI=1S/C19H25FN4O.HI/c1-4-21-19(24-13-16-7-5-6-8-17(16)20)23-12-15-9-10-18(22-11-15)25-14(2)3;/h5-11,14H,4,12-13H2,1-3H3,(H2,21,23,24);1H. The van der Waals surface area contributed by atoms with Crippen LogP contribution in [-0.4, -0.2) is 23.6 Å². The molecule has 1 aromatic heterocycles. The third-order valence-electron chi connectivity index (χ3n) is 3.32. The number of hydrogen-bond acceptors (Lipinski definition) is 3. The fraction of sp³-hybridized carbons (Fsp3) is 0.368. The first-order chi connectivity index (χ1) is 12.1. The van der Waals surface area contributed by atoms with Crippen LogP contribution in [0.4, 0.5) is 4.39 Å². The van der Waals surface area contributed by atoms with Crippen LogP contribution in [0.25, 0.3) is 0 Å². The number of nitrogens with zero attached hydrogens (tertiary/aromatic N) is 2. The van der Waals surface area contributed by atoms with Crippen molar-refractivity contribution >= 4 is 29.9 Å². The van der Waals surface area contributed by atoms with Crippen LogP contribution >= 0.6 is 24.0 Å². The maximum absolute atomic E-state index is 13.7. The topological polar surface area (TPSA) is 58.5 Å². The molecule has 5 nitrogen and oxygen atoms in total. The molecule has 0 radical (unpaired) electrons. The molecule has 0 atom stereocenters. The molecule has 1 aromatic carbocycles. The molecular formula is C19H26FIN4O. The fourth-order valence-corrected chi connectivity index (χ4v) is 2.15. The summed E-state index contributed by atoms with van der Waals surface area (Å²) in [5.41, 5.74) is 1.57. The predicted molar refractivity (Wildman–Crippen MR) is 113 cm³/mol. The lowest BCUT2D eigenvalue weighted by molar-refractivity contribution is 0.232. The third-order valence-corrected chi connectivity index (χ3v) is 3.32. The summed E-state index contributed by atoms with van der Waals surface area (Å²) < 4.78 is 19.2. The van der Waals surface area contributed by atoms with E-state index in [2.05, 4.69) is 20.6 Å². The van der Waals surface area contributed by atoms with Crippen molar-refractivity contribution in [2.75, 3.05) is 6.54 Å². The van der Waals surface area contributed by atoms with Gasteiger partial charge in [0.05, 0.1) is 12.6 Å². The molecule has 7 heteroatoms. The average Bonchev–Trinajstić information content (AvgIpc) is 2.59. The van der Waals surface area contributed by atoms with Crippen molar-refractivity contribution in [1.29, 1.82) is 0 Å². The van der Waals surface area contributed by atoms with Gasteiger partial charge >= 0.3 is 0 Å². The van der Waals surface area contributed by atoms with Crippen molar-refractivity contribution in [1.82, 2.24) is 15.6 Å². The average molecular weight is 472 g/mol. The second-order valence-corrected chi connectivity index (χ2v) is 5.81. The van der Waals surface area contributed by atoms with E-state index < -0.39 is 0 Å². The summed E-state index contributed by atoms with van der Waals surface area (Å²) in [5.74, 6) is 1.01. The predicted octanol–water partition coefficient (Wildman–Crippen LogP) is 3.88. The quantitative estimate of drug-likeness (QED) is 0.365. The molecule has 2 rings (SSSR count). The lowest BCUT2D eigenvalue weighted by Crippen LogP contribution is -2.37. The molecule has 0 unspecified atom stereocenters. The first kappa shape index (κ1) is 22.1. The van der Waals surface area contributed by atoms with Crippen LogP contribution in [0, 0.1) is 5.82 Å². The maximum atomic E-state index is 13.7. The number of pyridine rings is 1. The largest absolute Gasteiger partial charge is 0.475 e. The molecule has 0 saturated heterocycles. The number of halogens is 2. The Morgan fingerprint density at radius 3 is 2.58 bits per heavy atom. The number of hydrogen-bond donors (Lipinski definition) is 2. The lowest BCUT2D eigenvalue weighted by Gasteiger charge is -2.12. The Bertz CT molecular complexity index is 692. The van der Waals surface area contributed by atoms with Crippen LogP contribution in [0.5, 0.6) is 5.88 Å². The van der Waals surface area contributed by atoms with Gasteiger partial charge in [0.15, 0.2) is 5.96 Å². The molecule has 0 fully saturated rings. The lowest BCUT2D eigenvalue weighted by atomic mass is 10.2. The highest BCUT2D eigenvalue weighted by molar-refractivity contribution is 14.0. The van der Waals surface area contributed by atoms with Crippen molar-refractivity contribution in [3.05, 3.63) is 59.5 Å². The Balaban J connectivity index is 0.00000338. The highest BCUT2D eigenvalue weighted by Crippen LogP contribution is 2.10. The van der Waals surface area contributed by atoms with Crippen molar-refractivity contribution in [2.45, 2.75) is 40.0 Å². The van der Waals surface area contributed by atoms with E-state index in [1.807, 2.05) is 39.0 Å². The van der Waals surface area contributed by atoms with E-state index in [0.29, 0.717) is 30.5 Å². The van der Waals surface area contributed by atoms with Crippen LogP contribution in [-0.2, 0) is 13.1 Å². The molecule has 0 aliphatic carbocycles. The van der Waals surface area contributed by atoms with Crippen molar-refractivity contribution < 1.29 is 9.13 Å². The zero-order valence-corrected chi connectivity index (χ0v) is 17.7. The minimum absolute atomic E-state index is 0. The smallest absolute Gasteiger partial charge is 0.213 e. The zero-order chi connectivity index (χ0) is 18.1. The minimum Gasteiger partial charge on any atom is -0.475 e. The maximum Gasteiger partial charge on any atom is 0.213 e. The molecule has 0 spiro atoms. The van der Waals surface area contributed by atoms with Crippen LogP contribution in [0.3, 0.4) is 0 Å². The van der Waals surface area contributed by atoms with Gasteiger partial charge in [-0.3, -0.25) is 0 Å². The summed E-state index contributed by atoms with van der Waals surface area (Å²) in [6.45, 7) is 7.48. The first-order valence-electron chi connectivity index (χ1n) is 8.45. The number of nitrogens with one attached hydrogen (secondary N) is 2. The van der Waals surface area contributed by atoms with Gasteiger partial charge in [0.2, 0.25) is 5.88 Å². The van der Waals surface area contributed by atoms with Gasteiger partial charge in [0, 0.05) is 30.9 Å². The van der Waals surface area contributed by atoms with Crippen molar-refractivity contribution in [2.24, 2.45) is 4.99 Å². The van der Waals surface area contributed by atoms with E-state index >= 15 is 0 Å². The van der Waals surface area contributed by atoms with Gasteiger partial charge in [-0.15, -0.1) is 24.0 Å². The Morgan fingerprint density at radius 2 is 1.96 bits per heavy atom. The third kappa shape index (κ3) is 7.55. The highest BCUT2D eigenvalue weighted by Gasteiger charge is 2.03. The molecule has 26 heavy (non-hydrogen) atoms. The number of benzene rings is 1. The summed E-state index contributed by atoms with van der Waals surface area (Å²) in [4.78, 5) is 8.78. The summed E-state index contributed by atoms with van der Waals surface area (Å²) in [5, 5.41) is 6.29. The number of guanidine groups is 1. The summed E-state index contributed by atoms with van der Waals surface area (Å²) in [6, 6.07) is 10.5. The summed E-state index contributed by atoms with van der Waals surface area (Å²) >= 11 is 0. The van der Waals surface area contributed by atoms with Gasteiger partial charge in [-0.05, 0) is 32.4 Å². The van der Waals surface area contributed by atoms with Crippen LogP contribution < -0.4 is 15.4 Å². The van der Waals surface area contributed by atoms with Gasteiger partial charge in [-0.1, -0.05) is 24.3 Å². The van der Waals surface area contributed by atoms with E-state index in [4.69, 9.17) is 4.74 Å². The molecule has 2 aromatic rings. The molecule has 0 saturated carbocycles. The van der Waals surface area contributed by atoms with Gasteiger partial charge in [-0.2, -0.15) is 0 Å². The SMILES string of the molecule is CCNC(=NCc1ccc(OC(C)C)nc1)NCc1ccccc1F.I. The first-order valence-corrected chi connectivity index (χ1v) is 8.45. The Hall–Kier alpha value is -1.90. The van der Waals surface area contributed by atoms with Gasteiger partial charge < -0.3 is 15.4 Å².